The molecular formula is C21H17N5O2S. The number of nitrogens with zero attached hydrogens (tertiary/aromatic N) is 5. The minimum absolute atomic E-state index is 0.115. The highest BCUT2D eigenvalue weighted by Gasteiger charge is 2.28. The summed E-state index contributed by atoms with van der Waals surface area (Å²) in [5, 5.41) is 13.3. The summed E-state index contributed by atoms with van der Waals surface area (Å²) in [5.41, 5.74) is 1.50. The lowest BCUT2D eigenvalue weighted by Crippen LogP contribution is -2.19. The van der Waals surface area contributed by atoms with Crippen molar-refractivity contribution in [3.63, 3.8) is 0 Å². The normalized spacial score (nSPS) is 10.8. The summed E-state index contributed by atoms with van der Waals surface area (Å²) in [6, 6.07) is 19.1. The van der Waals surface area contributed by atoms with Gasteiger partial charge in [0.15, 0.2) is 5.03 Å². The summed E-state index contributed by atoms with van der Waals surface area (Å²) in [6.45, 7) is 2.46. The highest BCUT2D eigenvalue weighted by Crippen LogP contribution is 2.41. The zero-order chi connectivity index (χ0) is 20.2. The van der Waals surface area contributed by atoms with Crippen molar-refractivity contribution in [2.75, 3.05) is 11.4 Å². The summed E-state index contributed by atoms with van der Waals surface area (Å²) in [6.07, 6.45) is 3.08. The van der Waals surface area contributed by atoms with Crippen molar-refractivity contribution in [3.8, 4) is 0 Å². The third kappa shape index (κ3) is 3.74. The number of fused-ring (bicyclic) bond motifs is 1. The molecule has 0 atom stereocenters. The highest BCUT2D eigenvalue weighted by atomic mass is 32.2. The predicted molar refractivity (Wildman–Crippen MR) is 114 cm³/mol. The van der Waals surface area contributed by atoms with Crippen molar-refractivity contribution in [1.82, 2.24) is 15.0 Å². The topological polar surface area (TPSA) is 85.0 Å². The third-order valence-corrected chi connectivity index (χ3v) is 5.44. The molecule has 0 radical (unpaired) electrons. The second-order valence-electron chi connectivity index (χ2n) is 6.12. The average molecular weight is 403 g/mol. The Hall–Kier alpha value is -3.52. The molecule has 2 aromatic heterocycles. The third-order valence-electron chi connectivity index (χ3n) is 4.39. The molecule has 0 saturated heterocycles. The summed E-state index contributed by atoms with van der Waals surface area (Å²) in [7, 11) is 0. The molecule has 4 rings (SSSR count). The first-order valence-corrected chi connectivity index (χ1v) is 9.84. The molecular weight excluding hydrogens is 386 g/mol. The number of benzene rings is 2. The van der Waals surface area contributed by atoms with E-state index in [4.69, 9.17) is 0 Å². The second-order valence-corrected chi connectivity index (χ2v) is 7.15. The SMILES string of the molecule is CCN(c1ccccc1)c1ncnc(Sc2cccc3cccnc23)c1[N+](=O)[O-]. The van der Waals surface area contributed by atoms with Crippen LogP contribution in [0.1, 0.15) is 6.92 Å². The van der Waals surface area contributed by atoms with Crippen LogP contribution >= 0.6 is 11.8 Å². The Kier molecular flexibility index (Phi) is 5.35. The Labute approximate surface area is 171 Å². The molecule has 2 aromatic carbocycles. The smallest absolute Gasteiger partial charge is 0.321 e. The molecule has 4 aromatic rings. The van der Waals surface area contributed by atoms with Gasteiger partial charge in [-0.05, 0) is 31.2 Å². The van der Waals surface area contributed by atoms with E-state index in [9.17, 15) is 10.1 Å². The summed E-state index contributed by atoms with van der Waals surface area (Å²) in [4.78, 5) is 27.1. The molecule has 0 amide bonds. The van der Waals surface area contributed by atoms with Crippen LogP contribution in [0.4, 0.5) is 17.2 Å². The van der Waals surface area contributed by atoms with E-state index in [0.29, 0.717) is 6.54 Å². The molecule has 0 unspecified atom stereocenters. The Balaban J connectivity index is 1.83. The lowest BCUT2D eigenvalue weighted by molar-refractivity contribution is -0.387. The number of anilines is 2. The fourth-order valence-electron chi connectivity index (χ4n) is 3.11. The van der Waals surface area contributed by atoms with E-state index in [1.165, 1.54) is 18.1 Å². The van der Waals surface area contributed by atoms with Crippen LogP contribution in [0.2, 0.25) is 0 Å². The first kappa shape index (κ1) is 18.8. The average Bonchev–Trinajstić information content (AvgIpc) is 2.75. The molecule has 0 bridgehead atoms. The van der Waals surface area contributed by atoms with Crippen molar-refractivity contribution in [1.29, 1.82) is 0 Å². The number of aromatic nitrogens is 3. The fourth-order valence-corrected chi connectivity index (χ4v) is 4.10. The monoisotopic (exact) mass is 403 g/mol. The van der Waals surface area contributed by atoms with Crippen LogP contribution in [-0.2, 0) is 0 Å². The molecule has 0 aliphatic rings. The Morgan fingerprint density at radius 3 is 2.55 bits per heavy atom. The molecule has 2 heterocycles. The minimum Gasteiger partial charge on any atom is -0.321 e. The van der Waals surface area contributed by atoms with Gasteiger partial charge >= 0.3 is 5.69 Å². The van der Waals surface area contributed by atoms with Crippen LogP contribution in [0.5, 0.6) is 0 Å². The van der Waals surface area contributed by atoms with Crippen molar-refractivity contribution in [3.05, 3.63) is 83.3 Å². The summed E-state index contributed by atoms with van der Waals surface area (Å²) < 4.78 is 0. The number of para-hydroxylation sites is 2. The Morgan fingerprint density at radius 2 is 1.79 bits per heavy atom. The van der Waals surface area contributed by atoms with Crippen LogP contribution in [0.15, 0.2) is 83.1 Å². The van der Waals surface area contributed by atoms with E-state index in [2.05, 4.69) is 15.0 Å². The maximum atomic E-state index is 12.0. The van der Waals surface area contributed by atoms with Gasteiger partial charge in [-0.15, -0.1) is 0 Å². The first-order valence-electron chi connectivity index (χ1n) is 9.02. The number of hydrogen-bond acceptors (Lipinski definition) is 7. The van der Waals surface area contributed by atoms with Gasteiger partial charge in [0.2, 0.25) is 5.82 Å². The van der Waals surface area contributed by atoms with Gasteiger partial charge in [0.05, 0.1) is 10.4 Å². The van der Waals surface area contributed by atoms with Gasteiger partial charge in [0, 0.05) is 28.7 Å². The first-order chi connectivity index (χ1) is 14.2. The minimum atomic E-state index is -0.415. The van der Waals surface area contributed by atoms with Crippen molar-refractivity contribution < 1.29 is 4.92 Å². The molecule has 0 fully saturated rings. The lowest BCUT2D eigenvalue weighted by Gasteiger charge is -2.22. The van der Waals surface area contributed by atoms with Gasteiger partial charge in [-0.1, -0.05) is 48.2 Å². The molecule has 0 saturated carbocycles. The molecule has 0 aliphatic heterocycles. The van der Waals surface area contributed by atoms with E-state index < -0.39 is 4.92 Å². The Bertz CT molecular complexity index is 1160. The molecule has 0 spiro atoms. The van der Waals surface area contributed by atoms with Crippen LogP contribution in [0, 0.1) is 10.1 Å². The number of nitro groups is 1. The highest BCUT2D eigenvalue weighted by molar-refractivity contribution is 7.99. The van der Waals surface area contributed by atoms with Gasteiger partial charge in [0.1, 0.15) is 6.33 Å². The van der Waals surface area contributed by atoms with E-state index in [1.54, 1.807) is 6.20 Å². The molecule has 8 heteroatoms. The predicted octanol–water partition coefficient (Wildman–Crippen LogP) is 5.24. The van der Waals surface area contributed by atoms with Crippen molar-refractivity contribution >= 4 is 39.9 Å². The number of rotatable bonds is 6. The Morgan fingerprint density at radius 1 is 1.00 bits per heavy atom. The molecule has 7 nitrogen and oxygen atoms in total. The van der Waals surface area contributed by atoms with Crippen LogP contribution < -0.4 is 4.90 Å². The van der Waals surface area contributed by atoms with E-state index in [0.717, 1.165) is 21.5 Å². The van der Waals surface area contributed by atoms with E-state index >= 15 is 0 Å². The fraction of sp³-hybridized carbons (Fsp3) is 0.0952. The zero-order valence-corrected chi connectivity index (χ0v) is 16.4. The molecule has 144 valence electrons. The molecule has 0 N–H and O–H groups in total. The molecule has 29 heavy (non-hydrogen) atoms. The van der Waals surface area contributed by atoms with Crippen LogP contribution in [0.3, 0.4) is 0 Å². The van der Waals surface area contributed by atoms with Gasteiger partial charge in [0.25, 0.3) is 0 Å². The van der Waals surface area contributed by atoms with Crippen LogP contribution in [-0.4, -0.2) is 26.4 Å². The van der Waals surface area contributed by atoms with Crippen LogP contribution in [0.25, 0.3) is 10.9 Å². The number of pyridine rings is 1. The van der Waals surface area contributed by atoms with Gasteiger partial charge in [-0.25, -0.2) is 9.97 Å². The second kappa shape index (κ2) is 8.24. The van der Waals surface area contributed by atoms with E-state index in [-0.39, 0.29) is 16.5 Å². The largest absolute Gasteiger partial charge is 0.344 e. The van der Waals surface area contributed by atoms with Gasteiger partial charge in [-0.3, -0.25) is 15.1 Å². The summed E-state index contributed by atoms with van der Waals surface area (Å²) >= 11 is 1.23. The maximum Gasteiger partial charge on any atom is 0.344 e. The standard InChI is InChI=1S/C21H17N5O2S/c1-2-25(16-10-4-3-5-11-16)20-19(26(27)28)21(24-14-23-20)29-17-12-6-8-15-9-7-13-22-18(15)17/h3-14H,2H2,1H3. The maximum absolute atomic E-state index is 12.0. The quantitative estimate of drug-likeness (QED) is 0.247. The van der Waals surface area contributed by atoms with Gasteiger partial charge in [-0.2, -0.15) is 0 Å². The number of hydrogen-bond donors (Lipinski definition) is 0. The zero-order valence-electron chi connectivity index (χ0n) is 15.6. The lowest BCUT2D eigenvalue weighted by atomic mass is 10.2. The van der Waals surface area contributed by atoms with Crippen molar-refractivity contribution in [2.24, 2.45) is 0 Å². The molecule has 0 aliphatic carbocycles. The van der Waals surface area contributed by atoms with Crippen molar-refractivity contribution in [2.45, 2.75) is 16.8 Å². The van der Waals surface area contributed by atoms with E-state index in [1.807, 2.05) is 72.5 Å². The summed E-state index contributed by atoms with van der Waals surface area (Å²) in [5.74, 6) is 0.273. The van der Waals surface area contributed by atoms with Gasteiger partial charge < -0.3 is 4.90 Å².